The molecule has 7 heteroatoms. The van der Waals surface area contributed by atoms with Crippen LogP contribution in [-0.4, -0.2) is 29.9 Å². The van der Waals surface area contributed by atoms with Gasteiger partial charge in [-0.1, -0.05) is 31.4 Å². The van der Waals surface area contributed by atoms with E-state index in [0.29, 0.717) is 11.4 Å². The van der Waals surface area contributed by atoms with Crippen LogP contribution in [0.25, 0.3) is 0 Å². The van der Waals surface area contributed by atoms with Crippen molar-refractivity contribution in [2.45, 2.75) is 44.2 Å². The predicted octanol–water partition coefficient (Wildman–Crippen LogP) is 4.99. The number of aromatic nitrogens is 1. The molecule has 2 amide bonds. The molecule has 1 fully saturated rings. The van der Waals surface area contributed by atoms with Gasteiger partial charge < -0.3 is 10.1 Å². The van der Waals surface area contributed by atoms with E-state index in [-0.39, 0.29) is 23.6 Å². The summed E-state index contributed by atoms with van der Waals surface area (Å²) in [6.07, 6.45) is 6.96. The van der Waals surface area contributed by atoms with Gasteiger partial charge in [-0.3, -0.25) is 19.5 Å². The van der Waals surface area contributed by atoms with Crippen molar-refractivity contribution in [1.29, 1.82) is 0 Å². The standard InChI is InChI=1S/C25H27N3O3S/c1-31-20-14-12-19(13-15-20)28(25(30)21-10-5-6-16-26-21)23(22-11-7-17-32-22)24(29)27-18-8-3-2-4-9-18/h5-7,10-18,23H,2-4,8-9H2,1H3,(H,27,29)/t23-/m1/s1. The lowest BCUT2D eigenvalue weighted by atomic mass is 9.95. The average Bonchev–Trinajstić information content (AvgIpc) is 3.37. The van der Waals surface area contributed by atoms with Crippen LogP contribution in [0.15, 0.2) is 66.2 Å². The third kappa shape index (κ3) is 4.99. The number of ether oxygens (including phenoxy) is 1. The van der Waals surface area contributed by atoms with Gasteiger partial charge in [-0.2, -0.15) is 0 Å². The maximum Gasteiger partial charge on any atom is 0.277 e. The van der Waals surface area contributed by atoms with Crippen LogP contribution in [0.4, 0.5) is 5.69 Å². The average molecular weight is 450 g/mol. The fourth-order valence-electron chi connectivity index (χ4n) is 4.09. The third-order valence-electron chi connectivity index (χ3n) is 5.72. The summed E-state index contributed by atoms with van der Waals surface area (Å²) in [5.41, 5.74) is 0.897. The third-order valence-corrected chi connectivity index (χ3v) is 6.65. The van der Waals surface area contributed by atoms with Gasteiger partial charge in [0.15, 0.2) is 6.04 Å². The molecule has 32 heavy (non-hydrogen) atoms. The molecule has 0 aliphatic heterocycles. The van der Waals surface area contributed by atoms with Crippen molar-refractivity contribution in [2.24, 2.45) is 0 Å². The summed E-state index contributed by atoms with van der Waals surface area (Å²) in [5, 5.41) is 5.14. The molecule has 166 valence electrons. The first-order valence-electron chi connectivity index (χ1n) is 10.9. The van der Waals surface area contributed by atoms with E-state index in [0.717, 1.165) is 30.6 Å². The van der Waals surface area contributed by atoms with Crippen molar-refractivity contribution in [1.82, 2.24) is 10.3 Å². The second-order valence-corrected chi connectivity index (χ2v) is 8.83. The number of nitrogens with one attached hydrogen (secondary N) is 1. The number of amides is 2. The number of hydrogen-bond donors (Lipinski definition) is 1. The largest absolute Gasteiger partial charge is 0.497 e. The smallest absolute Gasteiger partial charge is 0.277 e. The molecule has 0 radical (unpaired) electrons. The van der Waals surface area contributed by atoms with E-state index < -0.39 is 6.04 Å². The fraction of sp³-hybridized carbons (Fsp3) is 0.320. The molecule has 4 rings (SSSR count). The number of benzene rings is 1. The van der Waals surface area contributed by atoms with E-state index in [2.05, 4.69) is 10.3 Å². The minimum atomic E-state index is -0.792. The molecule has 2 heterocycles. The summed E-state index contributed by atoms with van der Waals surface area (Å²) < 4.78 is 5.28. The number of methoxy groups -OCH3 is 1. The van der Waals surface area contributed by atoms with Crippen molar-refractivity contribution in [3.8, 4) is 5.75 Å². The molecule has 0 saturated heterocycles. The Morgan fingerprint density at radius 3 is 2.47 bits per heavy atom. The maximum absolute atomic E-state index is 13.7. The molecule has 6 nitrogen and oxygen atoms in total. The lowest BCUT2D eigenvalue weighted by Crippen LogP contribution is -2.47. The van der Waals surface area contributed by atoms with Crippen LogP contribution >= 0.6 is 11.3 Å². The summed E-state index contributed by atoms with van der Waals surface area (Å²) >= 11 is 1.46. The minimum absolute atomic E-state index is 0.140. The van der Waals surface area contributed by atoms with Crippen LogP contribution < -0.4 is 15.0 Å². The zero-order valence-corrected chi connectivity index (χ0v) is 18.9. The highest BCUT2D eigenvalue weighted by atomic mass is 32.1. The Morgan fingerprint density at radius 2 is 1.84 bits per heavy atom. The second-order valence-electron chi connectivity index (χ2n) is 7.85. The zero-order chi connectivity index (χ0) is 22.3. The van der Waals surface area contributed by atoms with E-state index in [4.69, 9.17) is 4.74 Å². The van der Waals surface area contributed by atoms with Crippen molar-refractivity contribution < 1.29 is 14.3 Å². The molecule has 1 aromatic carbocycles. The van der Waals surface area contributed by atoms with Gasteiger partial charge in [0, 0.05) is 22.8 Å². The Kier molecular flexibility index (Phi) is 7.17. The molecule has 3 aromatic rings. The predicted molar refractivity (Wildman–Crippen MR) is 126 cm³/mol. The number of pyridine rings is 1. The van der Waals surface area contributed by atoms with Gasteiger partial charge in [0.2, 0.25) is 5.91 Å². The monoisotopic (exact) mass is 449 g/mol. The van der Waals surface area contributed by atoms with Gasteiger partial charge in [-0.05, 0) is 60.7 Å². The Bertz CT molecular complexity index is 1020. The number of carbonyl (C=O) groups excluding carboxylic acids is 2. The van der Waals surface area contributed by atoms with E-state index >= 15 is 0 Å². The Morgan fingerprint density at radius 1 is 1.06 bits per heavy atom. The lowest BCUT2D eigenvalue weighted by molar-refractivity contribution is -0.123. The molecule has 1 aliphatic rings. The molecule has 1 aliphatic carbocycles. The Hall–Kier alpha value is -3.19. The van der Waals surface area contributed by atoms with Crippen LogP contribution in [0.1, 0.15) is 53.5 Å². The normalized spacial score (nSPS) is 15.0. The molecule has 1 saturated carbocycles. The van der Waals surface area contributed by atoms with E-state index in [9.17, 15) is 9.59 Å². The van der Waals surface area contributed by atoms with E-state index in [1.165, 1.54) is 17.8 Å². The van der Waals surface area contributed by atoms with Crippen molar-refractivity contribution >= 4 is 28.8 Å². The number of thiophene rings is 1. The number of carbonyl (C=O) groups is 2. The highest BCUT2D eigenvalue weighted by molar-refractivity contribution is 7.10. The van der Waals surface area contributed by atoms with Crippen molar-refractivity contribution in [3.63, 3.8) is 0 Å². The number of hydrogen-bond acceptors (Lipinski definition) is 5. The van der Waals surface area contributed by atoms with Crippen molar-refractivity contribution in [2.75, 3.05) is 12.0 Å². The van der Waals surface area contributed by atoms with Crippen LogP contribution in [-0.2, 0) is 4.79 Å². The first-order valence-corrected chi connectivity index (χ1v) is 11.8. The first kappa shape index (κ1) is 22.0. The van der Waals surface area contributed by atoms with Gasteiger partial charge in [0.1, 0.15) is 11.4 Å². The van der Waals surface area contributed by atoms with Crippen LogP contribution in [0.3, 0.4) is 0 Å². The van der Waals surface area contributed by atoms with Gasteiger partial charge in [-0.25, -0.2) is 0 Å². The Balaban J connectivity index is 1.74. The van der Waals surface area contributed by atoms with E-state index in [1.54, 1.807) is 60.7 Å². The number of nitrogens with zero attached hydrogens (tertiary/aromatic N) is 2. The SMILES string of the molecule is COc1ccc(N(C(=O)c2ccccn2)[C@@H](C(=O)NC2CCCCC2)c2cccs2)cc1. The maximum atomic E-state index is 13.7. The quantitative estimate of drug-likeness (QED) is 0.552. The molecule has 0 bridgehead atoms. The fourth-order valence-corrected chi connectivity index (χ4v) is 4.90. The van der Waals surface area contributed by atoms with Gasteiger partial charge in [0.05, 0.1) is 7.11 Å². The lowest BCUT2D eigenvalue weighted by Gasteiger charge is -2.32. The second kappa shape index (κ2) is 10.4. The summed E-state index contributed by atoms with van der Waals surface area (Å²) in [6.45, 7) is 0. The Labute approximate surface area is 192 Å². The summed E-state index contributed by atoms with van der Waals surface area (Å²) in [7, 11) is 1.60. The molecule has 2 aromatic heterocycles. The number of rotatable bonds is 7. The van der Waals surface area contributed by atoms with Crippen molar-refractivity contribution in [3.05, 3.63) is 76.7 Å². The van der Waals surface area contributed by atoms with Gasteiger partial charge in [0.25, 0.3) is 5.91 Å². The number of anilines is 1. The molecule has 0 spiro atoms. The minimum Gasteiger partial charge on any atom is -0.497 e. The van der Waals surface area contributed by atoms with Crippen LogP contribution in [0.2, 0.25) is 0 Å². The highest BCUT2D eigenvalue weighted by Crippen LogP contribution is 2.33. The van der Waals surface area contributed by atoms with Crippen LogP contribution in [0, 0.1) is 0 Å². The topological polar surface area (TPSA) is 71.5 Å². The molecule has 1 N–H and O–H groups in total. The summed E-state index contributed by atoms with van der Waals surface area (Å²) in [5.74, 6) is 0.186. The van der Waals surface area contributed by atoms with Gasteiger partial charge in [-0.15, -0.1) is 11.3 Å². The summed E-state index contributed by atoms with van der Waals surface area (Å²) in [4.78, 5) is 33.9. The van der Waals surface area contributed by atoms with Crippen LogP contribution in [0.5, 0.6) is 5.75 Å². The van der Waals surface area contributed by atoms with E-state index in [1.807, 2.05) is 17.5 Å². The molecule has 1 atom stereocenters. The molecular weight excluding hydrogens is 422 g/mol. The first-order chi connectivity index (χ1) is 15.7. The molecular formula is C25H27N3O3S. The zero-order valence-electron chi connectivity index (χ0n) is 18.1. The highest BCUT2D eigenvalue weighted by Gasteiger charge is 2.35. The molecule has 0 unspecified atom stereocenters. The van der Waals surface area contributed by atoms with Gasteiger partial charge >= 0.3 is 0 Å². The summed E-state index contributed by atoms with van der Waals surface area (Å²) in [6, 6.07) is 15.5.